The van der Waals surface area contributed by atoms with Gasteiger partial charge in [0.15, 0.2) is 0 Å². The molecule has 0 radical (unpaired) electrons. The molecule has 6 nitrogen and oxygen atoms in total. The van der Waals surface area contributed by atoms with Gasteiger partial charge in [0.2, 0.25) is 0 Å². The Hall–Kier alpha value is -2.24. The van der Waals surface area contributed by atoms with Gasteiger partial charge in [0.05, 0.1) is 7.11 Å². The number of rotatable bonds is 4. The lowest BCUT2D eigenvalue weighted by atomic mass is 9.97. The van der Waals surface area contributed by atoms with E-state index in [0.717, 1.165) is 24.1 Å². The number of alkyl carbamates (subject to hydrolysis) is 1. The predicted molar refractivity (Wildman–Crippen MR) is 91.9 cm³/mol. The molecule has 1 heterocycles. The van der Waals surface area contributed by atoms with Crippen LogP contribution in [0.15, 0.2) is 18.2 Å². The van der Waals surface area contributed by atoms with E-state index in [4.69, 9.17) is 4.74 Å². The molecule has 6 heteroatoms. The summed E-state index contributed by atoms with van der Waals surface area (Å²) in [5.74, 6) is -0.201. The summed E-state index contributed by atoms with van der Waals surface area (Å²) >= 11 is 0. The molecule has 0 saturated heterocycles. The fourth-order valence-corrected chi connectivity index (χ4v) is 2.62. The van der Waals surface area contributed by atoms with Crippen molar-refractivity contribution in [2.75, 3.05) is 12.4 Å². The minimum atomic E-state index is -0.509. The number of hydrogen-bond acceptors (Lipinski definition) is 5. The number of fused-ring (bicyclic) bond motifs is 1. The highest BCUT2D eigenvalue weighted by Gasteiger charge is 2.22. The molecule has 2 N–H and O–H groups in total. The number of benzene rings is 1. The van der Waals surface area contributed by atoms with Crippen LogP contribution >= 0.6 is 0 Å². The second-order valence-corrected chi connectivity index (χ2v) is 6.95. The molecule has 24 heavy (non-hydrogen) atoms. The van der Waals surface area contributed by atoms with Crippen molar-refractivity contribution in [3.63, 3.8) is 0 Å². The van der Waals surface area contributed by atoms with Crippen LogP contribution in [-0.4, -0.2) is 30.9 Å². The van der Waals surface area contributed by atoms with Crippen LogP contribution in [0.1, 0.15) is 44.7 Å². The molecule has 0 spiro atoms. The SMILES string of the molecule is COC(=O)CCc1ccc2c(c1)CC[C@H](NC(=O)OC(C)(C)C)N2. The number of anilines is 1. The Morgan fingerprint density at radius 3 is 2.75 bits per heavy atom. The van der Waals surface area contributed by atoms with Crippen LogP contribution in [0.3, 0.4) is 0 Å². The van der Waals surface area contributed by atoms with Crippen molar-refractivity contribution in [1.29, 1.82) is 0 Å². The minimum Gasteiger partial charge on any atom is -0.469 e. The second kappa shape index (κ2) is 7.55. The van der Waals surface area contributed by atoms with E-state index < -0.39 is 11.7 Å². The van der Waals surface area contributed by atoms with Gasteiger partial charge in [-0.3, -0.25) is 4.79 Å². The van der Waals surface area contributed by atoms with Crippen LogP contribution in [0.2, 0.25) is 0 Å². The average molecular weight is 334 g/mol. The lowest BCUT2D eigenvalue weighted by molar-refractivity contribution is -0.140. The summed E-state index contributed by atoms with van der Waals surface area (Å²) < 4.78 is 9.95. The standard InChI is InChI=1S/C18H26N2O4/c1-18(2,3)24-17(22)20-15-9-7-13-11-12(5-8-14(13)19-15)6-10-16(21)23-4/h5,8,11,15,19H,6-7,9-10H2,1-4H3,(H,20,22)/t15-/m0/s1. The second-order valence-electron chi connectivity index (χ2n) is 6.95. The van der Waals surface area contributed by atoms with E-state index in [1.165, 1.54) is 12.7 Å². The van der Waals surface area contributed by atoms with Crippen molar-refractivity contribution in [2.24, 2.45) is 0 Å². The van der Waals surface area contributed by atoms with E-state index in [-0.39, 0.29) is 12.1 Å². The molecular weight excluding hydrogens is 308 g/mol. The van der Waals surface area contributed by atoms with Gasteiger partial charge in [-0.25, -0.2) is 4.79 Å². The molecule has 0 bridgehead atoms. The number of methoxy groups -OCH3 is 1. The quantitative estimate of drug-likeness (QED) is 0.828. The zero-order chi connectivity index (χ0) is 17.7. The van der Waals surface area contributed by atoms with Gasteiger partial charge in [-0.15, -0.1) is 0 Å². The smallest absolute Gasteiger partial charge is 0.409 e. The highest BCUT2D eigenvalue weighted by molar-refractivity contribution is 5.70. The molecule has 1 atom stereocenters. The molecule has 1 aliphatic rings. The number of esters is 1. The normalized spacial score (nSPS) is 16.6. The Bertz CT molecular complexity index is 608. The molecule has 0 fully saturated rings. The predicted octanol–water partition coefficient (Wildman–Crippen LogP) is 3.00. The summed E-state index contributed by atoms with van der Waals surface area (Å²) in [6, 6.07) is 6.09. The van der Waals surface area contributed by atoms with Gasteiger partial charge >= 0.3 is 12.1 Å². The van der Waals surface area contributed by atoms with Crippen molar-refractivity contribution >= 4 is 17.7 Å². The average Bonchev–Trinajstić information content (AvgIpc) is 2.50. The van der Waals surface area contributed by atoms with E-state index in [1.54, 1.807) is 0 Å². The first-order valence-electron chi connectivity index (χ1n) is 8.21. The fraction of sp³-hybridized carbons (Fsp3) is 0.556. The molecule has 0 aliphatic carbocycles. The number of hydrogen-bond donors (Lipinski definition) is 2. The Kier molecular flexibility index (Phi) is 5.70. The van der Waals surface area contributed by atoms with E-state index in [0.29, 0.717) is 12.8 Å². The summed E-state index contributed by atoms with van der Waals surface area (Å²) in [5.41, 5.74) is 2.80. The van der Waals surface area contributed by atoms with Crippen molar-refractivity contribution in [2.45, 2.75) is 58.2 Å². The maximum absolute atomic E-state index is 11.9. The maximum Gasteiger partial charge on any atom is 0.409 e. The summed E-state index contributed by atoms with van der Waals surface area (Å²) in [4.78, 5) is 23.1. The van der Waals surface area contributed by atoms with Crippen molar-refractivity contribution in [1.82, 2.24) is 5.32 Å². The van der Waals surface area contributed by atoms with Crippen LogP contribution in [0, 0.1) is 0 Å². The van der Waals surface area contributed by atoms with Gasteiger partial charge in [-0.05, 0) is 57.2 Å². The molecule has 132 valence electrons. The monoisotopic (exact) mass is 334 g/mol. The van der Waals surface area contributed by atoms with Crippen LogP contribution < -0.4 is 10.6 Å². The van der Waals surface area contributed by atoms with Gasteiger partial charge < -0.3 is 20.1 Å². The summed E-state index contributed by atoms with van der Waals surface area (Å²) in [7, 11) is 1.40. The number of amides is 1. The van der Waals surface area contributed by atoms with Crippen molar-refractivity contribution in [3.05, 3.63) is 29.3 Å². The Balaban J connectivity index is 1.92. The van der Waals surface area contributed by atoms with Crippen molar-refractivity contribution in [3.8, 4) is 0 Å². The lowest BCUT2D eigenvalue weighted by Crippen LogP contribution is -2.45. The van der Waals surface area contributed by atoms with Crippen LogP contribution in [0.25, 0.3) is 0 Å². The highest BCUT2D eigenvalue weighted by Crippen LogP contribution is 2.26. The van der Waals surface area contributed by atoms with Gasteiger partial charge in [-0.1, -0.05) is 12.1 Å². The molecule has 2 rings (SSSR count). The first-order chi connectivity index (χ1) is 11.3. The topological polar surface area (TPSA) is 76.7 Å². The molecule has 1 amide bonds. The third-order valence-electron chi connectivity index (χ3n) is 3.74. The fourth-order valence-electron chi connectivity index (χ4n) is 2.62. The summed E-state index contributed by atoms with van der Waals surface area (Å²) in [6.07, 6.45) is 2.12. The van der Waals surface area contributed by atoms with Gasteiger partial charge in [-0.2, -0.15) is 0 Å². The van der Waals surface area contributed by atoms with E-state index in [1.807, 2.05) is 32.9 Å². The molecule has 1 aliphatic heterocycles. The van der Waals surface area contributed by atoms with E-state index >= 15 is 0 Å². The molecule has 1 aromatic carbocycles. The first-order valence-corrected chi connectivity index (χ1v) is 8.21. The summed E-state index contributed by atoms with van der Waals surface area (Å²) in [5, 5.41) is 6.16. The van der Waals surface area contributed by atoms with Crippen LogP contribution in [0.4, 0.5) is 10.5 Å². The number of nitrogens with one attached hydrogen (secondary N) is 2. The maximum atomic E-state index is 11.9. The van der Waals surface area contributed by atoms with Crippen LogP contribution in [0.5, 0.6) is 0 Å². The molecular formula is C18H26N2O4. The minimum absolute atomic E-state index is 0.145. The van der Waals surface area contributed by atoms with Gasteiger partial charge in [0.25, 0.3) is 0 Å². The Morgan fingerprint density at radius 2 is 2.08 bits per heavy atom. The summed E-state index contributed by atoms with van der Waals surface area (Å²) in [6.45, 7) is 5.52. The van der Waals surface area contributed by atoms with E-state index in [2.05, 4.69) is 21.4 Å². The lowest BCUT2D eigenvalue weighted by Gasteiger charge is -2.29. The molecule has 0 aromatic heterocycles. The molecule has 0 saturated carbocycles. The zero-order valence-electron chi connectivity index (χ0n) is 14.8. The number of aryl methyl sites for hydroxylation is 2. The third kappa shape index (κ3) is 5.44. The number of ether oxygens (including phenoxy) is 2. The first kappa shape index (κ1) is 18.1. The molecule has 0 unspecified atom stereocenters. The van der Waals surface area contributed by atoms with Crippen LogP contribution in [-0.2, 0) is 27.1 Å². The third-order valence-corrected chi connectivity index (χ3v) is 3.74. The Labute approximate surface area is 142 Å². The largest absolute Gasteiger partial charge is 0.469 e. The van der Waals surface area contributed by atoms with Gasteiger partial charge in [0.1, 0.15) is 11.8 Å². The molecule has 1 aromatic rings. The van der Waals surface area contributed by atoms with E-state index in [9.17, 15) is 9.59 Å². The van der Waals surface area contributed by atoms with Gasteiger partial charge in [0, 0.05) is 12.1 Å². The van der Waals surface area contributed by atoms with Crippen molar-refractivity contribution < 1.29 is 19.1 Å². The highest BCUT2D eigenvalue weighted by atomic mass is 16.6. The number of carbonyl (C=O) groups excluding carboxylic acids is 2. The number of carbonyl (C=O) groups is 2. The zero-order valence-corrected chi connectivity index (χ0v) is 14.8. The Morgan fingerprint density at radius 1 is 1.33 bits per heavy atom.